The molecular formula is C13H15N3O4. The average Bonchev–Trinajstić information content (AvgIpc) is 2.42. The lowest BCUT2D eigenvalue weighted by Crippen LogP contribution is -2.50. The van der Waals surface area contributed by atoms with Crippen molar-refractivity contribution in [2.24, 2.45) is 0 Å². The van der Waals surface area contributed by atoms with Gasteiger partial charge >= 0.3 is 12.0 Å². The van der Waals surface area contributed by atoms with Gasteiger partial charge in [-0.05, 0) is 24.6 Å². The van der Waals surface area contributed by atoms with Gasteiger partial charge in [0.1, 0.15) is 0 Å². The molecule has 0 radical (unpaired) electrons. The van der Waals surface area contributed by atoms with Gasteiger partial charge in [-0.15, -0.1) is 0 Å². The summed E-state index contributed by atoms with van der Waals surface area (Å²) in [7, 11) is 0. The zero-order valence-corrected chi connectivity index (χ0v) is 10.8. The Labute approximate surface area is 115 Å². The molecule has 4 N–H and O–H groups in total. The number of carbonyl (C=O) groups is 2. The zero-order chi connectivity index (χ0) is 15.1. The first-order valence-electron chi connectivity index (χ1n) is 5.88. The van der Waals surface area contributed by atoms with Gasteiger partial charge in [0, 0.05) is 6.54 Å². The Kier molecular flexibility index (Phi) is 5.50. The van der Waals surface area contributed by atoms with Crippen molar-refractivity contribution in [3.8, 4) is 6.07 Å². The first-order chi connectivity index (χ1) is 9.43. The number of aliphatic carboxylic acids is 1. The van der Waals surface area contributed by atoms with Gasteiger partial charge in [0.05, 0.1) is 17.7 Å². The maximum absolute atomic E-state index is 11.5. The maximum Gasteiger partial charge on any atom is 0.328 e. The van der Waals surface area contributed by atoms with Crippen molar-refractivity contribution in [3.63, 3.8) is 0 Å². The Morgan fingerprint density at radius 3 is 2.40 bits per heavy atom. The van der Waals surface area contributed by atoms with E-state index in [2.05, 4.69) is 10.6 Å². The van der Waals surface area contributed by atoms with Gasteiger partial charge in [0.15, 0.2) is 6.04 Å². The van der Waals surface area contributed by atoms with Crippen LogP contribution in [0.4, 0.5) is 4.79 Å². The van der Waals surface area contributed by atoms with Crippen molar-refractivity contribution in [1.29, 1.82) is 5.26 Å². The Hall–Kier alpha value is -2.59. The third-order valence-electron chi connectivity index (χ3n) is 2.57. The Bertz CT molecular complexity index is 519. The number of nitriles is 1. The molecule has 0 aliphatic heterocycles. The minimum atomic E-state index is -1.36. The van der Waals surface area contributed by atoms with Crippen molar-refractivity contribution in [2.75, 3.05) is 0 Å². The molecule has 0 bridgehead atoms. The summed E-state index contributed by atoms with van der Waals surface area (Å²) in [5.41, 5.74) is 1.28. The van der Waals surface area contributed by atoms with E-state index in [0.717, 1.165) is 5.56 Å². The zero-order valence-electron chi connectivity index (χ0n) is 10.8. The van der Waals surface area contributed by atoms with Crippen LogP contribution in [0.3, 0.4) is 0 Å². The Morgan fingerprint density at radius 2 is 1.95 bits per heavy atom. The van der Waals surface area contributed by atoms with Crippen LogP contribution in [0.5, 0.6) is 0 Å². The predicted octanol–water partition coefficient (Wildman–Crippen LogP) is 0.191. The fraction of sp³-hybridized carbons (Fsp3) is 0.308. The van der Waals surface area contributed by atoms with E-state index in [4.69, 9.17) is 10.4 Å². The molecule has 0 aromatic heterocycles. The number of aliphatic hydroxyl groups is 1. The highest BCUT2D eigenvalue weighted by atomic mass is 16.4. The summed E-state index contributed by atoms with van der Waals surface area (Å²) in [4.78, 5) is 22.3. The van der Waals surface area contributed by atoms with E-state index >= 15 is 0 Å². The van der Waals surface area contributed by atoms with Crippen LogP contribution in [0.25, 0.3) is 0 Å². The van der Waals surface area contributed by atoms with Crippen LogP contribution in [0.2, 0.25) is 0 Å². The highest BCUT2D eigenvalue weighted by Gasteiger charge is 2.24. The van der Waals surface area contributed by atoms with E-state index in [1.807, 2.05) is 6.07 Å². The predicted molar refractivity (Wildman–Crippen MR) is 69.6 cm³/mol. The topological polar surface area (TPSA) is 122 Å². The number of carboxylic acid groups (broad SMARTS) is 1. The fourth-order valence-electron chi connectivity index (χ4n) is 1.46. The number of carbonyl (C=O) groups excluding carboxylic acids is 1. The van der Waals surface area contributed by atoms with Crippen molar-refractivity contribution in [2.45, 2.75) is 25.6 Å². The van der Waals surface area contributed by atoms with Gasteiger partial charge in [0.25, 0.3) is 0 Å². The van der Waals surface area contributed by atoms with Crippen molar-refractivity contribution < 1.29 is 19.8 Å². The number of aliphatic hydroxyl groups excluding tert-OH is 1. The molecule has 1 rings (SSSR count). The minimum Gasteiger partial charge on any atom is -0.480 e. The molecular weight excluding hydrogens is 262 g/mol. The molecule has 1 aromatic rings. The number of amides is 2. The molecule has 2 amide bonds. The lowest BCUT2D eigenvalue weighted by molar-refractivity contribution is -0.141. The van der Waals surface area contributed by atoms with Crippen LogP contribution < -0.4 is 10.6 Å². The smallest absolute Gasteiger partial charge is 0.328 e. The van der Waals surface area contributed by atoms with Crippen LogP contribution in [-0.2, 0) is 11.3 Å². The summed E-state index contributed by atoms with van der Waals surface area (Å²) in [5, 5.41) is 31.3. The Balaban J connectivity index is 2.50. The lowest BCUT2D eigenvalue weighted by atomic mass is 10.1. The summed E-state index contributed by atoms with van der Waals surface area (Å²) in [6, 6.07) is 6.52. The van der Waals surface area contributed by atoms with Gasteiger partial charge in [-0.25, -0.2) is 9.59 Å². The third-order valence-corrected chi connectivity index (χ3v) is 2.57. The molecule has 1 aromatic carbocycles. The summed E-state index contributed by atoms with van der Waals surface area (Å²) in [6.45, 7) is 1.46. The maximum atomic E-state index is 11.5. The van der Waals surface area contributed by atoms with Gasteiger partial charge in [-0.2, -0.15) is 5.26 Å². The van der Waals surface area contributed by atoms with Crippen LogP contribution in [0, 0.1) is 11.3 Å². The molecule has 7 heteroatoms. The largest absolute Gasteiger partial charge is 0.480 e. The molecule has 0 heterocycles. The molecule has 2 atom stereocenters. The second-order valence-corrected chi connectivity index (χ2v) is 4.19. The molecule has 106 valence electrons. The number of urea groups is 1. The number of rotatable bonds is 5. The first kappa shape index (κ1) is 15.5. The van der Waals surface area contributed by atoms with Crippen LogP contribution in [-0.4, -0.2) is 34.4 Å². The van der Waals surface area contributed by atoms with Gasteiger partial charge in [-0.3, -0.25) is 0 Å². The number of nitrogens with zero attached hydrogens (tertiary/aromatic N) is 1. The monoisotopic (exact) mass is 277 g/mol. The molecule has 0 saturated carbocycles. The minimum absolute atomic E-state index is 0.184. The third kappa shape index (κ3) is 4.59. The van der Waals surface area contributed by atoms with Crippen LogP contribution in [0.15, 0.2) is 24.3 Å². The number of hydrogen-bond donors (Lipinski definition) is 4. The van der Waals surface area contributed by atoms with Gasteiger partial charge in [-0.1, -0.05) is 12.1 Å². The second-order valence-electron chi connectivity index (χ2n) is 4.19. The highest BCUT2D eigenvalue weighted by Crippen LogP contribution is 2.02. The first-order valence-corrected chi connectivity index (χ1v) is 5.88. The molecule has 2 unspecified atom stereocenters. The van der Waals surface area contributed by atoms with E-state index in [1.54, 1.807) is 24.3 Å². The lowest BCUT2D eigenvalue weighted by Gasteiger charge is -2.17. The summed E-state index contributed by atoms with van der Waals surface area (Å²) in [6.07, 6.45) is -1.20. The number of carboxylic acids is 1. The molecule has 0 spiro atoms. The van der Waals surface area contributed by atoms with Crippen molar-refractivity contribution in [1.82, 2.24) is 10.6 Å². The molecule has 0 aliphatic carbocycles. The molecule has 7 nitrogen and oxygen atoms in total. The fourth-order valence-corrected chi connectivity index (χ4v) is 1.46. The van der Waals surface area contributed by atoms with E-state index < -0.39 is 24.1 Å². The molecule has 0 fully saturated rings. The quantitative estimate of drug-likeness (QED) is 0.612. The van der Waals surface area contributed by atoms with Crippen LogP contribution in [0.1, 0.15) is 18.1 Å². The van der Waals surface area contributed by atoms with E-state index in [1.165, 1.54) is 6.92 Å². The van der Waals surface area contributed by atoms with Crippen LogP contribution >= 0.6 is 0 Å². The highest BCUT2D eigenvalue weighted by molar-refractivity contribution is 5.82. The summed E-state index contributed by atoms with van der Waals surface area (Å²) >= 11 is 0. The summed E-state index contributed by atoms with van der Waals surface area (Å²) < 4.78 is 0. The number of nitrogens with one attached hydrogen (secondary N) is 2. The molecule has 0 saturated heterocycles. The standard InChI is InChI=1S/C13H15N3O4/c1-8(17)11(12(18)19)16-13(20)15-7-10-4-2-9(6-14)3-5-10/h2-5,8,11,17H,7H2,1H3,(H,18,19)(H2,15,16,20). The molecule has 20 heavy (non-hydrogen) atoms. The normalized spacial score (nSPS) is 12.8. The number of hydrogen-bond acceptors (Lipinski definition) is 4. The average molecular weight is 277 g/mol. The van der Waals surface area contributed by atoms with Crippen molar-refractivity contribution in [3.05, 3.63) is 35.4 Å². The number of benzene rings is 1. The second kappa shape index (κ2) is 7.11. The van der Waals surface area contributed by atoms with E-state index in [-0.39, 0.29) is 6.54 Å². The van der Waals surface area contributed by atoms with E-state index in [9.17, 15) is 14.7 Å². The SMILES string of the molecule is CC(O)C(NC(=O)NCc1ccc(C#N)cc1)C(=O)O. The molecule has 0 aliphatic rings. The Morgan fingerprint density at radius 1 is 1.35 bits per heavy atom. The summed E-state index contributed by atoms with van der Waals surface area (Å²) in [5.74, 6) is -1.31. The van der Waals surface area contributed by atoms with Gasteiger partial charge in [0.2, 0.25) is 0 Å². The van der Waals surface area contributed by atoms with Crippen molar-refractivity contribution >= 4 is 12.0 Å². The van der Waals surface area contributed by atoms with Gasteiger partial charge < -0.3 is 20.8 Å². The van der Waals surface area contributed by atoms with E-state index in [0.29, 0.717) is 5.56 Å².